The van der Waals surface area contributed by atoms with Crippen molar-refractivity contribution in [3.63, 3.8) is 0 Å². The van der Waals surface area contributed by atoms with Crippen molar-refractivity contribution in [1.29, 1.82) is 0 Å². The van der Waals surface area contributed by atoms with Gasteiger partial charge in [0.1, 0.15) is 22.6 Å². The molecular weight excluding hydrogens is 362 g/mol. The summed E-state index contributed by atoms with van der Waals surface area (Å²) in [6.07, 6.45) is -2.75. The van der Waals surface area contributed by atoms with Crippen LogP contribution in [-0.4, -0.2) is 33.0 Å². The van der Waals surface area contributed by atoms with Gasteiger partial charge in [0.15, 0.2) is 0 Å². The number of nitrogens with zero attached hydrogens (tertiary/aromatic N) is 2. The molecule has 1 aliphatic carbocycles. The third-order valence-electron chi connectivity index (χ3n) is 4.70. The van der Waals surface area contributed by atoms with Crippen molar-refractivity contribution in [2.24, 2.45) is 10.3 Å². The minimum absolute atomic E-state index is 0.00514. The van der Waals surface area contributed by atoms with Crippen molar-refractivity contribution in [1.82, 2.24) is 0 Å². The number of halogens is 4. The second kappa shape index (κ2) is 5.33. The number of hydrogen-bond acceptors (Lipinski definition) is 4. The summed E-state index contributed by atoms with van der Waals surface area (Å²) >= 11 is 0. The monoisotopic (exact) mass is 377 g/mol. The SMILES string of the molecule is O=S1(=O)N=C(C2CC2)Nc2c(N3CCC[C@@H]3C(F)(F)F)cc(F)cc21. The number of nitrogens with one attached hydrogen (secondary N) is 1. The molecule has 1 saturated heterocycles. The van der Waals surface area contributed by atoms with E-state index in [2.05, 4.69) is 9.71 Å². The van der Waals surface area contributed by atoms with Gasteiger partial charge in [-0.25, -0.2) is 4.39 Å². The van der Waals surface area contributed by atoms with Gasteiger partial charge in [-0.1, -0.05) is 0 Å². The fourth-order valence-electron chi connectivity index (χ4n) is 3.38. The minimum Gasteiger partial charge on any atom is -0.358 e. The van der Waals surface area contributed by atoms with Crippen LogP contribution in [0.25, 0.3) is 0 Å². The Kier molecular flexibility index (Phi) is 3.54. The molecule has 1 aromatic carbocycles. The molecule has 25 heavy (non-hydrogen) atoms. The van der Waals surface area contributed by atoms with Crippen LogP contribution in [0, 0.1) is 11.7 Å². The molecule has 0 amide bonds. The van der Waals surface area contributed by atoms with Crippen LogP contribution in [0.5, 0.6) is 0 Å². The van der Waals surface area contributed by atoms with Crippen LogP contribution in [0.3, 0.4) is 0 Å². The number of alkyl halides is 3. The lowest BCUT2D eigenvalue weighted by molar-refractivity contribution is -0.145. The molecule has 1 saturated carbocycles. The summed E-state index contributed by atoms with van der Waals surface area (Å²) in [5.41, 5.74) is -0.0825. The zero-order valence-corrected chi connectivity index (χ0v) is 13.8. The first-order valence-corrected chi connectivity index (χ1v) is 9.39. The van der Waals surface area contributed by atoms with Crippen molar-refractivity contribution in [3.8, 4) is 0 Å². The summed E-state index contributed by atoms with van der Waals surface area (Å²) in [6, 6.07) is -0.00000236. The Bertz CT molecular complexity index is 862. The molecule has 1 N–H and O–H groups in total. The third kappa shape index (κ3) is 2.86. The molecule has 5 nitrogen and oxygen atoms in total. The molecule has 4 rings (SSSR count). The topological polar surface area (TPSA) is 61.8 Å². The number of hydrogen-bond donors (Lipinski definition) is 1. The van der Waals surface area contributed by atoms with Gasteiger partial charge in [-0.3, -0.25) is 0 Å². The van der Waals surface area contributed by atoms with Crippen LogP contribution >= 0.6 is 0 Å². The number of sulfonamides is 1. The molecule has 2 fully saturated rings. The lowest BCUT2D eigenvalue weighted by Gasteiger charge is -2.32. The number of fused-ring (bicyclic) bond motifs is 1. The highest BCUT2D eigenvalue weighted by Crippen LogP contribution is 2.45. The Morgan fingerprint density at radius 1 is 1.20 bits per heavy atom. The van der Waals surface area contributed by atoms with E-state index in [-0.39, 0.29) is 36.1 Å². The highest BCUT2D eigenvalue weighted by atomic mass is 32.2. The number of rotatable bonds is 2. The first-order chi connectivity index (χ1) is 11.7. The van der Waals surface area contributed by atoms with Gasteiger partial charge < -0.3 is 10.2 Å². The highest BCUT2D eigenvalue weighted by molar-refractivity contribution is 7.90. The number of amidine groups is 1. The fraction of sp³-hybridized carbons (Fsp3) is 0.533. The predicted molar refractivity (Wildman–Crippen MR) is 83.8 cm³/mol. The normalized spacial score (nSPS) is 25.4. The van der Waals surface area contributed by atoms with E-state index in [1.807, 2.05) is 0 Å². The van der Waals surface area contributed by atoms with Gasteiger partial charge in [-0.2, -0.15) is 21.6 Å². The van der Waals surface area contributed by atoms with E-state index in [1.165, 1.54) is 0 Å². The molecule has 3 aliphatic rings. The van der Waals surface area contributed by atoms with Gasteiger partial charge in [0.2, 0.25) is 0 Å². The van der Waals surface area contributed by atoms with Crippen LogP contribution in [0.15, 0.2) is 21.4 Å². The third-order valence-corrected chi connectivity index (χ3v) is 6.01. The maximum Gasteiger partial charge on any atom is 0.408 e. The second-order valence-electron chi connectivity index (χ2n) is 6.54. The zero-order valence-electron chi connectivity index (χ0n) is 13.0. The Labute approximate surface area is 141 Å². The number of anilines is 2. The molecule has 2 heterocycles. The average Bonchev–Trinajstić information content (AvgIpc) is 3.22. The molecule has 0 aromatic heterocycles. The van der Waals surface area contributed by atoms with E-state index in [0.29, 0.717) is 6.42 Å². The number of benzene rings is 1. The lowest BCUT2D eigenvalue weighted by Crippen LogP contribution is -2.42. The highest BCUT2D eigenvalue weighted by Gasteiger charge is 2.47. The second-order valence-corrected chi connectivity index (χ2v) is 8.11. The van der Waals surface area contributed by atoms with Crippen molar-refractivity contribution < 1.29 is 26.0 Å². The van der Waals surface area contributed by atoms with Crippen LogP contribution in [-0.2, 0) is 10.0 Å². The minimum atomic E-state index is -4.48. The van der Waals surface area contributed by atoms with Gasteiger partial charge in [0.25, 0.3) is 10.0 Å². The van der Waals surface area contributed by atoms with E-state index in [9.17, 15) is 26.0 Å². The first-order valence-electron chi connectivity index (χ1n) is 7.95. The van der Waals surface area contributed by atoms with E-state index in [0.717, 1.165) is 29.9 Å². The predicted octanol–water partition coefficient (Wildman–Crippen LogP) is 3.28. The van der Waals surface area contributed by atoms with Gasteiger partial charge in [-0.05, 0) is 37.8 Å². The van der Waals surface area contributed by atoms with Gasteiger partial charge in [-0.15, -0.1) is 4.40 Å². The van der Waals surface area contributed by atoms with Crippen LogP contribution < -0.4 is 10.2 Å². The standard InChI is InChI=1S/C15H15F4N3O2S/c16-9-6-10(22-5-1-2-12(22)15(17,18)19)13-11(7-9)25(23,24)21-14(20-13)8-3-4-8/h6-8,12H,1-5H2,(H,20,21)/t12-/m1/s1. The molecule has 0 unspecified atom stereocenters. The van der Waals surface area contributed by atoms with E-state index in [1.54, 1.807) is 0 Å². The Hall–Kier alpha value is -1.84. The fourth-order valence-corrected chi connectivity index (χ4v) is 4.61. The lowest BCUT2D eigenvalue weighted by atomic mass is 10.1. The molecule has 2 aliphatic heterocycles. The maximum absolute atomic E-state index is 14.0. The van der Waals surface area contributed by atoms with Crippen LogP contribution in [0.2, 0.25) is 0 Å². The van der Waals surface area contributed by atoms with E-state index >= 15 is 0 Å². The largest absolute Gasteiger partial charge is 0.408 e. The van der Waals surface area contributed by atoms with Gasteiger partial charge in [0.05, 0.1) is 11.4 Å². The van der Waals surface area contributed by atoms with Crippen LogP contribution in [0.4, 0.5) is 28.9 Å². The Morgan fingerprint density at radius 3 is 2.56 bits per heavy atom. The molecule has 1 aromatic rings. The zero-order chi connectivity index (χ0) is 18.0. The van der Waals surface area contributed by atoms with E-state index < -0.39 is 33.0 Å². The quantitative estimate of drug-likeness (QED) is 0.804. The summed E-state index contributed by atoms with van der Waals surface area (Å²) < 4.78 is 82.3. The van der Waals surface area contributed by atoms with Crippen molar-refractivity contribution >= 4 is 27.2 Å². The molecule has 1 atom stereocenters. The summed E-state index contributed by atoms with van der Waals surface area (Å²) in [7, 11) is -4.15. The summed E-state index contributed by atoms with van der Waals surface area (Å²) in [4.78, 5) is 0.625. The molecule has 10 heteroatoms. The van der Waals surface area contributed by atoms with Crippen molar-refractivity contribution in [3.05, 3.63) is 17.9 Å². The first kappa shape index (κ1) is 16.6. The van der Waals surface area contributed by atoms with Crippen molar-refractivity contribution in [2.75, 3.05) is 16.8 Å². The van der Waals surface area contributed by atoms with Gasteiger partial charge >= 0.3 is 6.18 Å². The summed E-state index contributed by atoms with van der Waals surface area (Å²) in [5.74, 6) is -0.724. The van der Waals surface area contributed by atoms with Crippen molar-refractivity contribution in [2.45, 2.75) is 42.8 Å². The Balaban J connectivity index is 1.85. The molecule has 136 valence electrons. The summed E-state index contributed by atoms with van der Waals surface area (Å²) in [6.45, 7) is 0.0811. The van der Waals surface area contributed by atoms with Crippen LogP contribution in [0.1, 0.15) is 25.7 Å². The smallest absolute Gasteiger partial charge is 0.358 e. The summed E-state index contributed by atoms with van der Waals surface area (Å²) in [5, 5.41) is 2.85. The van der Waals surface area contributed by atoms with E-state index in [4.69, 9.17) is 0 Å². The average molecular weight is 377 g/mol. The molecule has 0 bridgehead atoms. The maximum atomic E-state index is 14.0. The van der Waals surface area contributed by atoms with Gasteiger partial charge in [0, 0.05) is 12.5 Å². The molecular formula is C15H15F4N3O2S. The molecule has 0 radical (unpaired) electrons. The molecule has 0 spiro atoms. The Morgan fingerprint density at radius 2 is 1.92 bits per heavy atom.